The van der Waals surface area contributed by atoms with E-state index in [1.807, 2.05) is 18.3 Å². The maximum Gasteiger partial charge on any atom is 0.0701 e. The predicted molar refractivity (Wildman–Crippen MR) is 210 cm³/mol. The molecule has 50 heavy (non-hydrogen) atoms. The second-order valence-electron chi connectivity index (χ2n) is 14.1. The van der Waals surface area contributed by atoms with Crippen LogP contribution < -0.4 is 0 Å². The van der Waals surface area contributed by atoms with E-state index in [0.29, 0.717) is 0 Å². The summed E-state index contributed by atoms with van der Waals surface area (Å²) in [6.07, 6.45) is 1.85. The highest BCUT2D eigenvalue weighted by atomic mass is 15.0. The van der Waals surface area contributed by atoms with Gasteiger partial charge in [0, 0.05) is 33.6 Å². The van der Waals surface area contributed by atoms with Gasteiger partial charge in [-0.3, -0.25) is 4.98 Å². The van der Waals surface area contributed by atoms with Crippen molar-refractivity contribution in [1.82, 2.24) is 9.55 Å². The minimum absolute atomic E-state index is 0.120. The van der Waals surface area contributed by atoms with Crippen LogP contribution in [0.5, 0.6) is 0 Å². The Kier molecular flexibility index (Phi) is 6.25. The minimum atomic E-state index is -0.120. The number of hydrogen-bond donors (Lipinski definition) is 0. The first kappa shape index (κ1) is 28.7. The topological polar surface area (TPSA) is 17.8 Å². The molecule has 2 heterocycles. The van der Waals surface area contributed by atoms with Crippen LogP contribution in [0.3, 0.4) is 0 Å². The smallest absolute Gasteiger partial charge is 0.0701 e. The lowest BCUT2D eigenvalue weighted by Crippen LogP contribution is -2.15. The second kappa shape index (κ2) is 10.9. The summed E-state index contributed by atoms with van der Waals surface area (Å²) in [6.45, 7) is 4.74. The summed E-state index contributed by atoms with van der Waals surface area (Å²) in [6, 6.07) is 60.0. The van der Waals surface area contributed by atoms with Crippen molar-refractivity contribution in [3.05, 3.63) is 181 Å². The standard InChI is InChI=1S/C48H34N2/c1-48(2)43-29-35(31-14-17-33(18-15-31)45-11-7-8-26-49-45)21-24-39(43)40-25-22-36(30-44(40)48)34-19-16-32-20-23-38(28-37(32)27-34)50-46-12-5-3-9-41(46)42-10-4-6-13-47(42)50/h3-30H,1-2H3. The van der Waals surface area contributed by atoms with E-state index in [2.05, 4.69) is 175 Å². The Morgan fingerprint density at radius 3 is 1.64 bits per heavy atom. The number of fused-ring (bicyclic) bond motifs is 7. The zero-order valence-corrected chi connectivity index (χ0v) is 28.1. The molecule has 0 spiro atoms. The molecule has 0 bridgehead atoms. The van der Waals surface area contributed by atoms with Gasteiger partial charge >= 0.3 is 0 Å². The third-order valence-corrected chi connectivity index (χ3v) is 10.9. The van der Waals surface area contributed by atoms with Crippen LogP contribution in [0.4, 0.5) is 0 Å². The van der Waals surface area contributed by atoms with Crippen molar-refractivity contribution >= 4 is 32.6 Å². The van der Waals surface area contributed by atoms with E-state index in [0.717, 1.165) is 11.3 Å². The number of benzene rings is 7. The number of para-hydroxylation sites is 2. The molecule has 0 N–H and O–H groups in total. The van der Waals surface area contributed by atoms with Crippen molar-refractivity contribution in [3.8, 4) is 50.3 Å². The van der Waals surface area contributed by atoms with E-state index < -0.39 is 0 Å². The molecule has 1 aliphatic carbocycles. The van der Waals surface area contributed by atoms with Gasteiger partial charge in [-0.05, 0) is 110 Å². The van der Waals surface area contributed by atoms with Crippen LogP contribution in [0.15, 0.2) is 170 Å². The fourth-order valence-corrected chi connectivity index (χ4v) is 8.22. The van der Waals surface area contributed by atoms with Gasteiger partial charge in [0.2, 0.25) is 0 Å². The van der Waals surface area contributed by atoms with Crippen molar-refractivity contribution < 1.29 is 0 Å². The highest BCUT2D eigenvalue weighted by Crippen LogP contribution is 2.50. The Labute approximate surface area is 291 Å². The number of aromatic nitrogens is 2. The molecule has 2 heteroatoms. The van der Waals surface area contributed by atoms with Gasteiger partial charge in [0.1, 0.15) is 0 Å². The van der Waals surface area contributed by atoms with Gasteiger partial charge in [-0.15, -0.1) is 0 Å². The molecule has 0 amide bonds. The summed E-state index contributed by atoms with van der Waals surface area (Å²) in [5.74, 6) is 0. The summed E-state index contributed by atoms with van der Waals surface area (Å²) in [4.78, 5) is 4.52. The molecule has 0 saturated carbocycles. The van der Waals surface area contributed by atoms with Gasteiger partial charge in [0.15, 0.2) is 0 Å². The number of nitrogens with zero attached hydrogens (tertiary/aromatic N) is 2. The van der Waals surface area contributed by atoms with Crippen molar-refractivity contribution in [2.24, 2.45) is 0 Å². The highest BCUT2D eigenvalue weighted by molar-refractivity contribution is 6.09. The highest BCUT2D eigenvalue weighted by Gasteiger charge is 2.36. The third-order valence-electron chi connectivity index (χ3n) is 10.9. The third kappa shape index (κ3) is 4.38. The molecular formula is C48H34N2. The van der Waals surface area contributed by atoms with Crippen LogP contribution in [-0.4, -0.2) is 9.55 Å². The van der Waals surface area contributed by atoms with E-state index in [4.69, 9.17) is 0 Å². The van der Waals surface area contributed by atoms with E-state index >= 15 is 0 Å². The molecule has 0 unspecified atom stereocenters. The molecule has 236 valence electrons. The largest absolute Gasteiger partial charge is 0.309 e. The fraction of sp³-hybridized carbons (Fsp3) is 0.0625. The minimum Gasteiger partial charge on any atom is -0.309 e. The van der Waals surface area contributed by atoms with Gasteiger partial charge in [0.05, 0.1) is 16.7 Å². The van der Waals surface area contributed by atoms with E-state index in [1.165, 1.54) is 82.8 Å². The first-order valence-electron chi connectivity index (χ1n) is 17.4. The van der Waals surface area contributed by atoms with Crippen molar-refractivity contribution in [3.63, 3.8) is 0 Å². The molecular weight excluding hydrogens is 605 g/mol. The number of hydrogen-bond acceptors (Lipinski definition) is 1. The maximum atomic E-state index is 4.52. The van der Waals surface area contributed by atoms with Crippen molar-refractivity contribution in [2.45, 2.75) is 19.3 Å². The molecule has 1 aliphatic rings. The summed E-state index contributed by atoms with van der Waals surface area (Å²) in [5.41, 5.74) is 16.0. The Hall–Kier alpha value is -6.25. The molecule has 0 aliphatic heterocycles. The second-order valence-corrected chi connectivity index (χ2v) is 14.1. The molecule has 0 fully saturated rings. The van der Waals surface area contributed by atoms with E-state index in [9.17, 15) is 0 Å². The Bertz CT molecular complexity index is 2710. The monoisotopic (exact) mass is 638 g/mol. The zero-order valence-electron chi connectivity index (χ0n) is 28.1. The predicted octanol–water partition coefficient (Wildman–Crippen LogP) is 12.6. The van der Waals surface area contributed by atoms with E-state index in [-0.39, 0.29) is 5.41 Å². The molecule has 10 rings (SSSR count). The van der Waals surface area contributed by atoms with Crippen LogP contribution in [-0.2, 0) is 5.41 Å². The molecule has 0 radical (unpaired) electrons. The first-order valence-corrected chi connectivity index (χ1v) is 17.4. The van der Waals surface area contributed by atoms with Crippen LogP contribution in [0.1, 0.15) is 25.0 Å². The fourth-order valence-electron chi connectivity index (χ4n) is 8.22. The molecule has 0 atom stereocenters. The lowest BCUT2D eigenvalue weighted by molar-refractivity contribution is 0.661. The normalized spacial score (nSPS) is 13.2. The lowest BCUT2D eigenvalue weighted by atomic mass is 9.80. The van der Waals surface area contributed by atoms with Gasteiger partial charge in [-0.2, -0.15) is 0 Å². The molecule has 2 aromatic heterocycles. The Morgan fingerprint density at radius 2 is 0.980 bits per heavy atom. The zero-order chi connectivity index (χ0) is 33.4. The van der Waals surface area contributed by atoms with Crippen LogP contribution in [0, 0.1) is 0 Å². The molecule has 7 aromatic carbocycles. The SMILES string of the molecule is CC1(C)c2cc(-c3ccc(-c4ccccn4)cc3)ccc2-c2ccc(-c3ccc4ccc(-n5c6ccccc6c6ccccc65)cc4c3)cc21. The Morgan fingerprint density at radius 1 is 0.440 bits per heavy atom. The average Bonchev–Trinajstić information content (AvgIpc) is 3.63. The summed E-state index contributed by atoms with van der Waals surface area (Å²) >= 11 is 0. The molecule has 0 saturated heterocycles. The van der Waals surface area contributed by atoms with Crippen molar-refractivity contribution in [1.29, 1.82) is 0 Å². The molecule has 2 nitrogen and oxygen atoms in total. The maximum absolute atomic E-state index is 4.52. The van der Waals surface area contributed by atoms with E-state index in [1.54, 1.807) is 0 Å². The Balaban J connectivity index is 1.01. The van der Waals surface area contributed by atoms with Crippen LogP contribution in [0.2, 0.25) is 0 Å². The van der Waals surface area contributed by atoms with Crippen molar-refractivity contribution in [2.75, 3.05) is 0 Å². The van der Waals surface area contributed by atoms with Gasteiger partial charge in [-0.25, -0.2) is 0 Å². The summed E-state index contributed by atoms with van der Waals surface area (Å²) in [5, 5.41) is 5.05. The first-order chi connectivity index (χ1) is 24.5. The van der Waals surface area contributed by atoms with Gasteiger partial charge < -0.3 is 4.57 Å². The number of rotatable bonds is 4. The lowest BCUT2D eigenvalue weighted by Gasteiger charge is -2.22. The summed E-state index contributed by atoms with van der Waals surface area (Å²) < 4.78 is 2.40. The molecule has 9 aromatic rings. The average molecular weight is 639 g/mol. The van der Waals surface area contributed by atoms with Gasteiger partial charge in [-0.1, -0.05) is 123 Å². The van der Waals surface area contributed by atoms with Gasteiger partial charge in [0.25, 0.3) is 0 Å². The van der Waals surface area contributed by atoms with Crippen LogP contribution >= 0.6 is 0 Å². The summed E-state index contributed by atoms with van der Waals surface area (Å²) in [7, 11) is 0. The quantitative estimate of drug-likeness (QED) is 0.188. The number of pyridine rings is 1. The van der Waals surface area contributed by atoms with Crippen LogP contribution in [0.25, 0.3) is 82.9 Å².